The van der Waals surface area contributed by atoms with Crippen LogP contribution in [-0.4, -0.2) is 18.4 Å². The molecule has 0 fully saturated rings. The number of nitrogens with one attached hydrogen (secondary N) is 2. The van der Waals surface area contributed by atoms with Gasteiger partial charge in [0.05, 0.1) is 6.54 Å². The Morgan fingerprint density at radius 3 is 2.27 bits per heavy atom. The van der Waals surface area contributed by atoms with Crippen molar-refractivity contribution in [1.29, 1.82) is 0 Å². The summed E-state index contributed by atoms with van der Waals surface area (Å²) in [5, 5.41) is 7.48. The average Bonchev–Trinajstić information content (AvgIpc) is 2.62. The predicted molar refractivity (Wildman–Crippen MR) is 106 cm³/mol. The number of hydrogen-bond donors (Lipinski definition) is 2. The van der Waals surface area contributed by atoms with Crippen molar-refractivity contribution in [2.75, 3.05) is 11.9 Å². The van der Waals surface area contributed by atoms with Gasteiger partial charge in [-0.2, -0.15) is 0 Å². The third kappa shape index (κ3) is 3.75. The van der Waals surface area contributed by atoms with Gasteiger partial charge in [0.2, 0.25) is 5.91 Å². The Morgan fingerprint density at radius 2 is 1.54 bits per heavy atom. The van der Waals surface area contributed by atoms with Gasteiger partial charge in [0.15, 0.2) is 0 Å². The second kappa shape index (κ2) is 7.40. The first-order valence-electron chi connectivity index (χ1n) is 8.59. The van der Waals surface area contributed by atoms with E-state index in [9.17, 15) is 9.59 Å². The van der Waals surface area contributed by atoms with Crippen LogP contribution in [0.15, 0.2) is 54.6 Å². The van der Waals surface area contributed by atoms with Crippen molar-refractivity contribution in [3.05, 3.63) is 76.9 Å². The van der Waals surface area contributed by atoms with Crippen LogP contribution in [-0.2, 0) is 4.79 Å². The molecular weight excluding hydrogens is 324 g/mol. The minimum absolute atomic E-state index is 0.0746. The number of aryl methyl sites for hydroxylation is 3. The summed E-state index contributed by atoms with van der Waals surface area (Å²) in [6.07, 6.45) is 0. The third-order valence-corrected chi connectivity index (χ3v) is 4.39. The van der Waals surface area contributed by atoms with Crippen molar-refractivity contribution in [3.63, 3.8) is 0 Å². The zero-order valence-electron chi connectivity index (χ0n) is 15.2. The molecule has 4 heteroatoms. The van der Waals surface area contributed by atoms with Gasteiger partial charge in [-0.15, -0.1) is 0 Å². The Kier molecular flexibility index (Phi) is 5.03. The van der Waals surface area contributed by atoms with Crippen LogP contribution in [0.4, 0.5) is 5.69 Å². The predicted octanol–water partition coefficient (Wildman–Crippen LogP) is 4.13. The fourth-order valence-electron chi connectivity index (χ4n) is 3.24. The molecule has 0 saturated heterocycles. The molecule has 0 atom stereocenters. The highest BCUT2D eigenvalue weighted by atomic mass is 16.2. The van der Waals surface area contributed by atoms with Crippen molar-refractivity contribution in [2.45, 2.75) is 20.8 Å². The van der Waals surface area contributed by atoms with E-state index in [0.29, 0.717) is 5.56 Å². The molecule has 3 aromatic rings. The summed E-state index contributed by atoms with van der Waals surface area (Å²) in [5.41, 5.74) is 4.55. The summed E-state index contributed by atoms with van der Waals surface area (Å²) in [4.78, 5) is 24.8. The Bertz CT molecular complexity index is 964. The lowest BCUT2D eigenvalue weighted by Gasteiger charge is -2.13. The lowest BCUT2D eigenvalue weighted by atomic mass is 10.0. The number of fused-ring (bicyclic) bond motifs is 1. The van der Waals surface area contributed by atoms with Crippen molar-refractivity contribution in [1.82, 2.24) is 5.32 Å². The molecule has 0 aliphatic rings. The quantitative estimate of drug-likeness (QED) is 0.746. The highest BCUT2D eigenvalue weighted by Crippen LogP contribution is 2.22. The van der Waals surface area contributed by atoms with Crippen LogP contribution in [0, 0.1) is 20.8 Å². The summed E-state index contributed by atoms with van der Waals surface area (Å²) in [6.45, 7) is 5.87. The summed E-state index contributed by atoms with van der Waals surface area (Å²) in [7, 11) is 0. The molecule has 2 amide bonds. The van der Waals surface area contributed by atoms with Gasteiger partial charge in [-0.3, -0.25) is 9.59 Å². The third-order valence-electron chi connectivity index (χ3n) is 4.39. The van der Waals surface area contributed by atoms with Crippen LogP contribution in [0.25, 0.3) is 10.8 Å². The molecule has 0 heterocycles. The van der Waals surface area contributed by atoms with E-state index in [1.165, 1.54) is 0 Å². The summed E-state index contributed by atoms with van der Waals surface area (Å²) in [5.74, 6) is -0.497. The van der Waals surface area contributed by atoms with Crippen molar-refractivity contribution < 1.29 is 9.59 Å². The van der Waals surface area contributed by atoms with E-state index in [1.807, 2.05) is 69.3 Å². The molecule has 0 radical (unpaired) electrons. The van der Waals surface area contributed by atoms with E-state index in [1.54, 1.807) is 6.07 Å². The summed E-state index contributed by atoms with van der Waals surface area (Å²) < 4.78 is 0. The lowest BCUT2D eigenvalue weighted by Crippen LogP contribution is -2.33. The highest BCUT2D eigenvalue weighted by molar-refractivity contribution is 6.08. The number of hydrogen-bond acceptors (Lipinski definition) is 2. The van der Waals surface area contributed by atoms with Crippen molar-refractivity contribution in [2.24, 2.45) is 0 Å². The Labute approximate surface area is 153 Å². The highest BCUT2D eigenvalue weighted by Gasteiger charge is 2.12. The number of anilines is 1. The smallest absolute Gasteiger partial charge is 0.252 e. The Morgan fingerprint density at radius 1 is 0.885 bits per heavy atom. The first kappa shape index (κ1) is 17.7. The van der Waals surface area contributed by atoms with E-state index in [4.69, 9.17) is 0 Å². The van der Waals surface area contributed by atoms with Gasteiger partial charge >= 0.3 is 0 Å². The van der Waals surface area contributed by atoms with E-state index >= 15 is 0 Å². The van der Waals surface area contributed by atoms with Gasteiger partial charge in [0.25, 0.3) is 5.91 Å². The van der Waals surface area contributed by atoms with Crippen LogP contribution in [0.3, 0.4) is 0 Å². The van der Waals surface area contributed by atoms with Gasteiger partial charge in [0, 0.05) is 11.3 Å². The fourth-order valence-corrected chi connectivity index (χ4v) is 3.24. The Balaban J connectivity index is 1.69. The zero-order valence-corrected chi connectivity index (χ0v) is 15.2. The second-order valence-electron chi connectivity index (χ2n) is 6.53. The second-order valence-corrected chi connectivity index (χ2v) is 6.53. The molecule has 3 aromatic carbocycles. The molecule has 0 saturated carbocycles. The number of benzene rings is 3. The van der Waals surface area contributed by atoms with Crippen LogP contribution >= 0.6 is 0 Å². The molecule has 0 unspecified atom stereocenters. The zero-order chi connectivity index (χ0) is 18.7. The van der Waals surface area contributed by atoms with Gasteiger partial charge in [-0.25, -0.2) is 0 Å². The molecule has 2 N–H and O–H groups in total. The van der Waals surface area contributed by atoms with E-state index in [0.717, 1.165) is 33.2 Å². The van der Waals surface area contributed by atoms with E-state index in [2.05, 4.69) is 10.6 Å². The van der Waals surface area contributed by atoms with Crippen LogP contribution in [0.5, 0.6) is 0 Å². The van der Waals surface area contributed by atoms with Crippen molar-refractivity contribution >= 4 is 28.3 Å². The molecule has 0 spiro atoms. The summed E-state index contributed by atoms with van der Waals surface area (Å²) >= 11 is 0. The van der Waals surface area contributed by atoms with Crippen LogP contribution in [0.1, 0.15) is 27.0 Å². The molecular formula is C22H22N2O2. The van der Waals surface area contributed by atoms with Crippen LogP contribution < -0.4 is 10.6 Å². The molecule has 0 aromatic heterocycles. The standard InChI is InChI=1S/C22H22N2O2/c1-14-11-15(2)21(16(3)12-14)24-20(25)13-23-22(26)19-10-6-8-17-7-4-5-9-18(17)19/h4-12H,13H2,1-3H3,(H,23,26)(H,24,25). The molecule has 0 aliphatic carbocycles. The SMILES string of the molecule is Cc1cc(C)c(NC(=O)CNC(=O)c2cccc3ccccc23)c(C)c1. The maximum Gasteiger partial charge on any atom is 0.252 e. The number of rotatable bonds is 4. The number of carbonyl (C=O) groups excluding carboxylic acids is 2. The Hall–Kier alpha value is -3.14. The van der Waals surface area contributed by atoms with Gasteiger partial charge < -0.3 is 10.6 Å². The monoisotopic (exact) mass is 346 g/mol. The largest absolute Gasteiger partial charge is 0.343 e. The first-order chi connectivity index (χ1) is 12.5. The normalized spacial score (nSPS) is 10.6. The van der Waals surface area contributed by atoms with E-state index < -0.39 is 0 Å². The first-order valence-corrected chi connectivity index (χ1v) is 8.59. The van der Waals surface area contributed by atoms with Gasteiger partial charge in [-0.05, 0) is 48.7 Å². The molecule has 4 nitrogen and oxygen atoms in total. The maximum absolute atomic E-state index is 12.5. The molecule has 26 heavy (non-hydrogen) atoms. The topological polar surface area (TPSA) is 58.2 Å². The van der Waals surface area contributed by atoms with E-state index in [-0.39, 0.29) is 18.4 Å². The molecule has 0 aliphatic heterocycles. The fraction of sp³-hybridized carbons (Fsp3) is 0.182. The number of carbonyl (C=O) groups is 2. The molecule has 3 rings (SSSR count). The minimum atomic E-state index is -0.255. The van der Waals surface area contributed by atoms with Gasteiger partial charge in [0.1, 0.15) is 0 Å². The maximum atomic E-state index is 12.5. The van der Waals surface area contributed by atoms with Crippen LogP contribution in [0.2, 0.25) is 0 Å². The number of amides is 2. The van der Waals surface area contributed by atoms with Crippen molar-refractivity contribution in [3.8, 4) is 0 Å². The molecule has 132 valence electrons. The average molecular weight is 346 g/mol. The molecule has 0 bridgehead atoms. The summed E-state index contributed by atoms with van der Waals surface area (Å²) in [6, 6.07) is 17.3. The van der Waals surface area contributed by atoms with Gasteiger partial charge in [-0.1, -0.05) is 54.1 Å². The minimum Gasteiger partial charge on any atom is -0.343 e. The lowest BCUT2D eigenvalue weighted by molar-refractivity contribution is -0.115.